The number of fused-ring (bicyclic) bond motifs is 1. The normalized spacial score (nSPS) is 26.3. The molecule has 10 nitrogen and oxygen atoms in total. The zero-order valence-corrected chi connectivity index (χ0v) is 23.4. The number of thioether (sulfide) groups is 1. The van der Waals surface area contributed by atoms with Gasteiger partial charge in [-0.1, -0.05) is 6.08 Å². The van der Waals surface area contributed by atoms with Crippen LogP contribution in [0.3, 0.4) is 0 Å². The second-order valence-electron chi connectivity index (χ2n) is 8.99. The van der Waals surface area contributed by atoms with Gasteiger partial charge in [0.1, 0.15) is 35.3 Å². The average molecular weight is 569 g/mol. The minimum atomic E-state index is -1.79. The molecular formula is C25H34FN4O6PS. The molecule has 3 rings (SSSR count). The summed E-state index contributed by atoms with van der Waals surface area (Å²) in [5.41, 5.74) is 6.57. The number of carbonyl (C=O) groups is 2. The number of alkyl halides is 1. The molecule has 3 N–H and O–H groups in total. The number of carbonyl (C=O) groups excluding carboxylic acids is 2. The van der Waals surface area contributed by atoms with Gasteiger partial charge in [0.15, 0.2) is 0 Å². The molecule has 1 fully saturated rings. The maximum Gasteiger partial charge on any atom is 0.323 e. The molecule has 0 saturated carbocycles. The molecule has 2 aliphatic heterocycles. The van der Waals surface area contributed by atoms with Gasteiger partial charge in [-0.2, -0.15) is 4.99 Å². The third-order valence-corrected chi connectivity index (χ3v) is 8.38. The van der Waals surface area contributed by atoms with Crippen molar-refractivity contribution in [2.45, 2.75) is 62.2 Å². The number of nitrogens with zero attached hydrogens (tertiary/aromatic N) is 2. The van der Waals surface area contributed by atoms with E-state index < -0.39 is 32.1 Å². The zero-order chi connectivity index (χ0) is 27.7. The molecule has 208 valence electrons. The Bertz CT molecular complexity index is 1030. The fourth-order valence-corrected chi connectivity index (χ4v) is 6.29. The van der Waals surface area contributed by atoms with Crippen molar-refractivity contribution in [1.29, 1.82) is 0 Å². The number of allylic oxidation sites excluding steroid dienone is 4. The van der Waals surface area contributed by atoms with Crippen LogP contribution in [0.2, 0.25) is 0 Å². The fourth-order valence-electron chi connectivity index (χ4n) is 3.58. The van der Waals surface area contributed by atoms with Crippen molar-refractivity contribution in [3.05, 3.63) is 60.3 Å². The summed E-state index contributed by atoms with van der Waals surface area (Å²) in [6.07, 6.45) is 12.9. The summed E-state index contributed by atoms with van der Waals surface area (Å²) in [6, 6.07) is -0.690. The van der Waals surface area contributed by atoms with E-state index in [-0.39, 0.29) is 36.3 Å². The Kier molecular flexibility index (Phi) is 11.4. The van der Waals surface area contributed by atoms with Gasteiger partial charge in [-0.15, -0.1) is 11.8 Å². The quantitative estimate of drug-likeness (QED) is 0.112. The lowest BCUT2D eigenvalue weighted by Crippen LogP contribution is -2.34. The van der Waals surface area contributed by atoms with Gasteiger partial charge >= 0.3 is 14.5 Å². The van der Waals surface area contributed by atoms with E-state index >= 15 is 0 Å². The minimum absolute atomic E-state index is 0.0343. The number of nitrogens with two attached hydrogens (primary N) is 1. The highest BCUT2D eigenvalue weighted by Gasteiger charge is 2.38. The van der Waals surface area contributed by atoms with Crippen molar-refractivity contribution in [2.75, 3.05) is 13.7 Å². The first kappa shape index (κ1) is 29.9. The summed E-state index contributed by atoms with van der Waals surface area (Å²) in [4.78, 5) is 28.0. The molecule has 38 heavy (non-hydrogen) atoms. The summed E-state index contributed by atoms with van der Waals surface area (Å²) in [5.74, 6) is 0.127. The van der Waals surface area contributed by atoms with Gasteiger partial charge in [-0.3, -0.25) is 9.59 Å². The lowest BCUT2D eigenvalue weighted by molar-refractivity contribution is -0.149. The van der Waals surface area contributed by atoms with Crippen molar-refractivity contribution in [3.63, 3.8) is 0 Å². The van der Waals surface area contributed by atoms with Gasteiger partial charge in [0.2, 0.25) is 6.41 Å². The smallest absolute Gasteiger partial charge is 0.323 e. The van der Waals surface area contributed by atoms with E-state index in [0.717, 1.165) is 5.57 Å². The number of amidine groups is 1. The van der Waals surface area contributed by atoms with E-state index in [1.54, 1.807) is 51.3 Å². The SMILES string of the molecule is CC(C)OC(=O)C(C)NP(OCC1CC(F)C(N(C)/C=C\C(N)=N/C=O)S1)OC1=CC2C=C(C=CO2)C=C1. The Morgan fingerprint density at radius 2 is 2.16 bits per heavy atom. The lowest BCUT2D eigenvalue weighted by atomic mass is 10.2. The Morgan fingerprint density at radius 1 is 1.37 bits per heavy atom. The van der Waals surface area contributed by atoms with Crippen LogP contribution in [0.25, 0.3) is 0 Å². The van der Waals surface area contributed by atoms with Crippen LogP contribution in [0, 0.1) is 0 Å². The second-order valence-corrected chi connectivity index (χ2v) is 11.6. The van der Waals surface area contributed by atoms with Gasteiger partial charge in [0.25, 0.3) is 0 Å². The molecule has 1 aliphatic carbocycles. The first-order chi connectivity index (χ1) is 18.1. The summed E-state index contributed by atoms with van der Waals surface area (Å²) < 4.78 is 37.9. The molecule has 0 radical (unpaired) electrons. The van der Waals surface area contributed by atoms with Crippen molar-refractivity contribution >= 4 is 38.5 Å². The van der Waals surface area contributed by atoms with Gasteiger partial charge in [0.05, 0.1) is 19.0 Å². The Morgan fingerprint density at radius 3 is 2.89 bits per heavy atom. The molecule has 1 saturated heterocycles. The number of ether oxygens (including phenoxy) is 2. The summed E-state index contributed by atoms with van der Waals surface area (Å²) in [6.45, 7) is 5.42. The summed E-state index contributed by atoms with van der Waals surface area (Å²) >= 11 is 1.42. The molecule has 13 heteroatoms. The molecule has 0 aromatic heterocycles. The number of rotatable bonds is 13. The van der Waals surface area contributed by atoms with Crippen LogP contribution in [-0.4, -0.2) is 71.8 Å². The molecule has 0 spiro atoms. The lowest BCUT2D eigenvalue weighted by Gasteiger charge is -2.25. The number of hydrogen-bond acceptors (Lipinski definition) is 9. The molecule has 0 aromatic rings. The molecular weight excluding hydrogens is 534 g/mol. The Balaban J connectivity index is 1.63. The van der Waals surface area contributed by atoms with Crippen LogP contribution in [0.15, 0.2) is 65.2 Å². The van der Waals surface area contributed by atoms with E-state index in [1.165, 1.54) is 17.8 Å². The zero-order valence-electron chi connectivity index (χ0n) is 21.7. The van der Waals surface area contributed by atoms with Gasteiger partial charge in [0, 0.05) is 24.6 Å². The van der Waals surface area contributed by atoms with Crippen LogP contribution in [-0.2, 0) is 28.1 Å². The Labute approximate surface area is 227 Å². The van der Waals surface area contributed by atoms with Crippen molar-refractivity contribution in [2.24, 2.45) is 10.7 Å². The Hall–Kier alpha value is -2.66. The molecule has 2 bridgehead atoms. The minimum Gasteiger partial charge on any atom is -0.490 e. The van der Waals surface area contributed by atoms with E-state index in [1.807, 2.05) is 24.3 Å². The van der Waals surface area contributed by atoms with Crippen molar-refractivity contribution in [1.82, 2.24) is 9.99 Å². The first-order valence-electron chi connectivity index (χ1n) is 12.1. The highest BCUT2D eigenvalue weighted by molar-refractivity contribution is 8.00. The van der Waals surface area contributed by atoms with Gasteiger partial charge in [-0.05, 0) is 57.1 Å². The highest BCUT2D eigenvalue weighted by atomic mass is 32.2. The maximum atomic E-state index is 14.8. The van der Waals surface area contributed by atoms with Crippen LogP contribution in [0.4, 0.5) is 4.39 Å². The van der Waals surface area contributed by atoms with Crippen LogP contribution >= 0.6 is 20.3 Å². The standard InChI is InChI=1S/C25H34FN4O6PS/c1-16(2)35-25(32)17(3)29-37(36-19-6-5-18-8-10-33-20(11-18)12-19)34-14-21-13-22(26)24(38-21)30(4)9-7-23(27)28-15-31/h5-12,15-17,20-22,24,29H,13-14H2,1-4H3,(H2,27,28,31)/b9-7-. The van der Waals surface area contributed by atoms with Crippen LogP contribution in [0.5, 0.6) is 0 Å². The van der Waals surface area contributed by atoms with Gasteiger partial charge < -0.3 is 29.2 Å². The molecule has 0 aromatic carbocycles. The number of halogens is 1. The highest BCUT2D eigenvalue weighted by Crippen LogP contribution is 2.43. The molecule has 6 unspecified atom stereocenters. The average Bonchev–Trinajstić information content (AvgIpc) is 3.18. The van der Waals surface area contributed by atoms with E-state index in [9.17, 15) is 14.0 Å². The second kappa shape index (κ2) is 14.5. The summed E-state index contributed by atoms with van der Waals surface area (Å²) in [5, 5.41) is 2.46. The largest absolute Gasteiger partial charge is 0.490 e. The molecule has 1 amide bonds. The predicted octanol–water partition coefficient (Wildman–Crippen LogP) is 3.60. The van der Waals surface area contributed by atoms with Gasteiger partial charge in [-0.25, -0.2) is 9.48 Å². The molecule has 6 atom stereocenters. The van der Waals surface area contributed by atoms with E-state index in [4.69, 9.17) is 24.3 Å². The number of aliphatic imine (C=N–C) groups is 1. The number of nitrogens with one attached hydrogen (secondary N) is 1. The number of amides is 1. The third-order valence-electron chi connectivity index (χ3n) is 5.40. The molecule has 2 heterocycles. The monoisotopic (exact) mass is 568 g/mol. The van der Waals surface area contributed by atoms with E-state index in [2.05, 4.69) is 10.1 Å². The van der Waals surface area contributed by atoms with Crippen LogP contribution < -0.4 is 10.8 Å². The van der Waals surface area contributed by atoms with Crippen molar-refractivity contribution < 1.29 is 32.5 Å². The summed E-state index contributed by atoms with van der Waals surface area (Å²) in [7, 11) is -0.0609. The fraction of sp³-hybridized carbons (Fsp3) is 0.480. The van der Waals surface area contributed by atoms with Crippen molar-refractivity contribution in [3.8, 4) is 0 Å². The first-order valence-corrected chi connectivity index (χ1v) is 14.2. The number of hydrogen-bond donors (Lipinski definition) is 2. The molecule has 3 aliphatic rings. The number of esters is 1. The van der Waals surface area contributed by atoms with E-state index in [0.29, 0.717) is 12.2 Å². The maximum absolute atomic E-state index is 14.8. The topological polar surface area (TPSA) is 125 Å². The predicted molar refractivity (Wildman–Crippen MR) is 146 cm³/mol. The third kappa shape index (κ3) is 9.27. The van der Waals surface area contributed by atoms with Crippen LogP contribution in [0.1, 0.15) is 27.2 Å².